The maximum Gasteiger partial charge on any atom is 0.272 e. The molecule has 1 N–H and O–H groups in total. The van der Waals surface area contributed by atoms with Crippen LogP contribution < -0.4 is 5.32 Å². The highest BCUT2D eigenvalue weighted by atomic mass is 16.2. The lowest BCUT2D eigenvalue weighted by Crippen LogP contribution is -2.32. The van der Waals surface area contributed by atoms with Crippen molar-refractivity contribution in [2.24, 2.45) is 0 Å². The molecule has 0 saturated carbocycles. The van der Waals surface area contributed by atoms with Gasteiger partial charge in [-0.2, -0.15) is 4.68 Å². The van der Waals surface area contributed by atoms with Crippen LogP contribution in [0.5, 0.6) is 0 Å². The Hall–Kier alpha value is -3.29. The molecule has 0 aliphatic carbocycles. The van der Waals surface area contributed by atoms with E-state index >= 15 is 0 Å². The highest BCUT2D eigenvalue weighted by Gasteiger charge is 2.28. The van der Waals surface area contributed by atoms with Crippen LogP contribution in [0.2, 0.25) is 0 Å². The van der Waals surface area contributed by atoms with Crippen molar-refractivity contribution in [3.63, 3.8) is 0 Å². The Morgan fingerprint density at radius 2 is 1.96 bits per heavy atom. The molecular weight excluding hydrogens is 318 g/mol. The Bertz CT molecular complexity index is 850. The zero-order valence-corrected chi connectivity index (χ0v) is 13.5. The van der Waals surface area contributed by atoms with Crippen LogP contribution in [0.1, 0.15) is 16.9 Å². The van der Waals surface area contributed by atoms with Crippen molar-refractivity contribution in [2.75, 3.05) is 18.4 Å². The highest BCUT2D eigenvalue weighted by Crippen LogP contribution is 2.17. The van der Waals surface area contributed by atoms with Gasteiger partial charge in [0.2, 0.25) is 5.95 Å². The number of para-hydroxylation sites is 1. The van der Waals surface area contributed by atoms with Crippen LogP contribution >= 0.6 is 0 Å². The number of rotatable bonds is 4. The average Bonchev–Trinajstić information content (AvgIpc) is 3.33. The summed E-state index contributed by atoms with van der Waals surface area (Å²) in [5, 5.41) is 15.2. The number of pyridine rings is 1. The first-order valence-corrected chi connectivity index (χ1v) is 8.12. The minimum atomic E-state index is -0.0486. The number of carbonyl (C=O) groups excluding carboxylic acids is 1. The molecule has 3 aromatic rings. The Morgan fingerprint density at radius 3 is 2.76 bits per heavy atom. The summed E-state index contributed by atoms with van der Waals surface area (Å²) in [4.78, 5) is 18.4. The molecule has 4 rings (SSSR count). The zero-order valence-electron chi connectivity index (χ0n) is 13.5. The van der Waals surface area contributed by atoms with Gasteiger partial charge in [-0.3, -0.25) is 9.78 Å². The zero-order chi connectivity index (χ0) is 17.1. The molecule has 0 bridgehead atoms. The van der Waals surface area contributed by atoms with E-state index in [1.807, 2.05) is 36.4 Å². The van der Waals surface area contributed by atoms with Gasteiger partial charge in [0, 0.05) is 25.3 Å². The van der Waals surface area contributed by atoms with Gasteiger partial charge in [0.1, 0.15) is 5.69 Å². The molecule has 126 valence electrons. The van der Waals surface area contributed by atoms with Gasteiger partial charge in [-0.05, 0) is 41.1 Å². The van der Waals surface area contributed by atoms with Crippen molar-refractivity contribution >= 4 is 11.9 Å². The van der Waals surface area contributed by atoms with Gasteiger partial charge in [0.25, 0.3) is 5.91 Å². The van der Waals surface area contributed by atoms with Gasteiger partial charge in [0.15, 0.2) is 0 Å². The lowest BCUT2D eigenvalue weighted by molar-refractivity contribution is 0.0786. The highest BCUT2D eigenvalue weighted by molar-refractivity contribution is 5.92. The number of hydrogen-bond acceptors (Lipinski definition) is 6. The van der Waals surface area contributed by atoms with Crippen LogP contribution in [-0.4, -0.2) is 55.1 Å². The molecule has 2 aromatic heterocycles. The third-order valence-electron chi connectivity index (χ3n) is 4.16. The van der Waals surface area contributed by atoms with Crippen LogP contribution in [0.3, 0.4) is 0 Å². The van der Waals surface area contributed by atoms with E-state index in [1.54, 1.807) is 27.9 Å². The maximum atomic E-state index is 12.5. The van der Waals surface area contributed by atoms with Crippen molar-refractivity contribution in [1.82, 2.24) is 30.1 Å². The number of nitrogens with one attached hydrogen (secondary N) is 1. The summed E-state index contributed by atoms with van der Waals surface area (Å²) in [6, 6.07) is 15.1. The van der Waals surface area contributed by atoms with E-state index in [9.17, 15) is 4.79 Å². The monoisotopic (exact) mass is 335 g/mol. The quantitative estimate of drug-likeness (QED) is 0.775. The summed E-state index contributed by atoms with van der Waals surface area (Å²) >= 11 is 0. The number of hydrogen-bond donors (Lipinski definition) is 1. The number of carbonyl (C=O) groups is 1. The minimum Gasteiger partial charge on any atom is -0.348 e. The van der Waals surface area contributed by atoms with E-state index < -0.39 is 0 Å². The fourth-order valence-corrected chi connectivity index (χ4v) is 2.92. The number of tetrazole rings is 1. The number of amides is 1. The molecule has 0 radical (unpaired) electrons. The molecule has 1 aliphatic rings. The van der Waals surface area contributed by atoms with Crippen LogP contribution in [-0.2, 0) is 0 Å². The third-order valence-corrected chi connectivity index (χ3v) is 4.16. The summed E-state index contributed by atoms with van der Waals surface area (Å²) in [7, 11) is 0. The standard InChI is InChI=1S/C17H17N7O/c25-16(15-8-4-5-10-18-15)23-11-9-13(12-23)19-17-20-21-22-24(17)14-6-2-1-3-7-14/h1-8,10,13H,9,11-12H2,(H,19,20,22). The second kappa shape index (κ2) is 6.68. The van der Waals surface area contributed by atoms with Crippen LogP contribution in [0.4, 0.5) is 5.95 Å². The first-order valence-electron chi connectivity index (χ1n) is 8.12. The van der Waals surface area contributed by atoms with Crippen molar-refractivity contribution in [1.29, 1.82) is 0 Å². The fourth-order valence-electron chi connectivity index (χ4n) is 2.92. The lowest BCUT2D eigenvalue weighted by atomic mass is 10.3. The molecule has 8 heteroatoms. The molecule has 0 spiro atoms. The molecular formula is C17H17N7O. The predicted molar refractivity (Wildman–Crippen MR) is 91.3 cm³/mol. The van der Waals surface area contributed by atoms with E-state index in [4.69, 9.17) is 0 Å². The molecule has 1 unspecified atom stereocenters. The average molecular weight is 335 g/mol. The number of nitrogens with zero attached hydrogens (tertiary/aromatic N) is 6. The van der Waals surface area contributed by atoms with E-state index in [0.717, 1.165) is 12.1 Å². The molecule has 1 atom stereocenters. The van der Waals surface area contributed by atoms with E-state index in [1.165, 1.54) is 0 Å². The first-order chi connectivity index (χ1) is 12.3. The molecule has 3 heterocycles. The number of aromatic nitrogens is 5. The summed E-state index contributed by atoms with van der Waals surface area (Å²) in [5.74, 6) is 0.524. The van der Waals surface area contributed by atoms with E-state index in [0.29, 0.717) is 24.7 Å². The maximum absolute atomic E-state index is 12.5. The number of anilines is 1. The minimum absolute atomic E-state index is 0.0486. The van der Waals surface area contributed by atoms with Gasteiger partial charge in [0.05, 0.1) is 5.69 Å². The fraction of sp³-hybridized carbons (Fsp3) is 0.235. The Kier molecular flexibility index (Phi) is 4.07. The van der Waals surface area contributed by atoms with Gasteiger partial charge in [-0.1, -0.05) is 29.4 Å². The number of likely N-dealkylation sites (tertiary alicyclic amines) is 1. The van der Waals surface area contributed by atoms with E-state index in [2.05, 4.69) is 25.8 Å². The molecule has 1 aliphatic heterocycles. The normalized spacial score (nSPS) is 16.8. The van der Waals surface area contributed by atoms with Crippen molar-refractivity contribution < 1.29 is 4.79 Å². The summed E-state index contributed by atoms with van der Waals surface area (Å²) in [6.45, 7) is 1.27. The molecule has 25 heavy (non-hydrogen) atoms. The Morgan fingerprint density at radius 1 is 1.12 bits per heavy atom. The second-order valence-corrected chi connectivity index (χ2v) is 5.85. The summed E-state index contributed by atoms with van der Waals surface area (Å²) < 4.78 is 1.66. The van der Waals surface area contributed by atoms with Gasteiger partial charge < -0.3 is 10.2 Å². The second-order valence-electron chi connectivity index (χ2n) is 5.85. The van der Waals surface area contributed by atoms with Crippen molar-refractivity contribution in [3.05, 3.63) is 60.4 Å². The van der Waals surface area contributed by atoms with Gasteiger partial charge in [-0.25, -0.2) is 0 Å². The smallest absolute Gasteiger partial charge is 0.272 e. The molecule has 8 nitrogen and oxygen atoms in total. The van der Waals surface area contributed by atoms with Gasteiger partial charge >= 0.3 is 0 Å². The largest absolute Gasteiger partial charge is 0.348 e. The van der Waals surface area contributed by atoms with Crippen molar-refractivity contribution in [3.8, 4) is 5.69 Å². The van der Waals surface area contributed by atoms with Crippen LogP contribution in [0, 0.1) is 0 Å². The van der Waals surface area contributed by atoms with Crippen LogP contribution in [0.25, 0.3) is 5.69 Å². The Labute approximate surface area is 144 Å². The summed E-state index contributed by atoms with van der Waals surface area (Å²) in [6.07, 6.45) is 2.47. The molecule has 1 saturated heterocycles. The van der Waals surface area contributed by atoms with Crippen LogP contribution in [0.15, 0.2) is 54.7 Å². The third kappa shape index (κ3) is 3.18. The van der Waals surface area contributed by atoms with Gasteiger partial charge in [-0.15, -0.1) is 0 Å². The molecule has 1 amide bonds. The SMILES string of the molecule is O=C(c1ccccn1)N1CCC(Nc2nnnn2-c2ccccc2)C1. The lowest BCUT2D eigenvalue weighted by Gasteiger charge is -2.16. The first kappa shape index (κ1) is 15.3. The predicted octanol–water partition coefficient (Wildman–Crippen LogP) is 1.38. The Balaban J connectivity index is 1.44. The molecule has 1 aromatic carbocycles. The van der Waals surface area contributed by atoms with Crippen molar-refractivity contribution in [2.45, 2.75) is 12.5 Å². The molecule has 1 fully saturated rings. The number of benzene rings is 1. The summed E-state index contributed by atoms with van der Waals surface area (Å²) in [5.41, 5.74) is 1.35. The van der Waals surface area contributed by atoms with E-state index in [-0.39, 0.29) is 11.9 Å². The topological polar surface area (TPSA) is 88.8 Å².